The maximum atomic E-state index is 13.8. The summed E-state index contributed by atoms with van der Waals surface area (Å²) < 4.78 is 66.5. The van der Waals surface area contributed by atoms with Crippen LogP contribution in [-0.4, -0.2) is 61.3 Å². The zero-order chi connectivity index (χ0) is 39.0. The van der Waals surface area contributed by atoms with Gasteiger partial charge in [0, 0.05) is 55.3 Å². The van der Waals surface area contributed by atoms with Crippen molar-refractivity contribution in [3.63, 3.8) is 0 Å². The third kappa shape index (κ3) is 8.90. The topological polar surface area (TPSA) is 134 Å². The average Bonchev–Trinajstić information content (AvgIpc) is 3.56. The Morgan fingerprint density at radius 2 is 1.52 bits per heavy atom. The lowest BCUT2D eigenvalue weighted by Crippen LogP contribution is -2.41. The molecule has 0 N–H and O–H groups in total. The lowest BCUT2D eigenvalue weighted by atomic mass is 9.90. The van der Waals surface area contributed by atoms with E-state index < -0.39 is 31.0 Å². The Kier molecular flexibility index (Phi) is 10.9. The Morgan fingerprint density at radius 1 is 0.870 bits per heavy atom. The molecular formula is C41H47N3O8S2. The van der Waals surface area contributed by atoms with Gasteiger partial charge in [0.25, 0.3) is 15.6 Å². The molecule has 0 atom stereocenters. The zero-order valence-electron chi connectivity index (χ0n) is 31.5. The molecule has 286 valence electrons. The monoisotopic (exact) mass is 773 g/mol. The van der Waals surface area contributed by atoms with Gasteiger partial charge in [0.15, 0.2) is 9.84 Å². The van der Waals surface area contributed by atoms with Gasteiger partial charge in [-0.2, -0.15) is 0 Å². The number of aryl methyl sites for hydroxylation is 3. The number of rotatable bonds is 10. The van der Waals surface area contributed by atoms with Crippen molar-refractivity contribution >= 4 is 36.9 Å². The van der Waals surface area contributed by atoms with Crippen LogP contribution in [-0.2, 0) is 43.8 Å². The molecule has 0 radical (unpaired) electrons. The van der Waals surface area contributed by atoms with Gasteiger partial charge in [-0.15, -0.1) is 0 Å². The van der Waals surface area contributed by atoms with E-state index >= 15 is 0 Å². The number of amides is 1. The Hall–Kier alpha value is -4.88. The number of pyridine rings is 1. The number of nitrogens with zero attached hydrogens (tertiary/aromatic N) is 3. The molecule has 1 saturated heterocycles. The number of hydrogen-bond donors (Lipinski definition) is 0. The smallest absolute Gasteiger partial charge is 0.410 e. The summed E-state index contributed by atoms with van der Waals surface area (Å²) in [6.45, 7) is 8.85. The second-order valence-electron chi connectivity index (χ2n) is 15.2. The van der Waals surface area contributed by atoms with Crippen molar-refractivity contribution < 1.29 is 31.1 Å². The molecule has 1 amide bonds. The standard InChI is InChI=1S/C41H47N3O8S2/c1-28-7-16-33(17-8-28)54(49,50)44-24-21-34-36(26-42(5)39(45)38(34)44)35-25-31(27-53(6,47)48)13-18-37(35)51-32-14-11-29(12-15-32)9-10-30-19-22-43(23-20-30)40(46)52-41(2,3)4/h7-8,11-18,21,24-26,30H,9-10,19-20,22-23,27H2,1-6H3. The summed E-state index contributed by atoms with van der Waals surface area (Å²) in [5, 5.41) is 0.377. The molecule has 0 unspecified atom stereocenters. The summed E-state index contributed by atoms with van der Waals surface area (Å²) in [5.41, 5.74) is 2.52. The van der Waals surface area contributed by atoms with E-state index in [0.717, 1.165) is 47.0 Å². The van der Waals surface area contributed by atoms with Gasteiger partial charge in [0.2, 0.25) is 0 Å². The van der Waals surface area contributed by atoms with Crippen molar-refractivity contribution in [2.75, 3.05) is 19.3 Å². The van der Waals surface area contributed by atoms with Crippen molar-refractivity contribution in [1.82, 2.24) is 13.4 Å². The van der Waals surface area contributed by atoms with E-state index in [-0.39, 0.29) is 22.3 Å². The average molecular weight is 774 g/mol. The van der Waals surface area contributed by atoms with E-state index in [1.54, 1.807) is 54.5 Å². The summed E-state index contributed by atoms with van der Waals surface area (Å²) in [5.74, 6) is 1.26. The molecule has 0 spiro atoms. The second kappa shape index (κ2) is 15.1. The fraction of sp³-hybridized carbons (Fsp3) is 0.366. The Labute approximate surface area is 317 Å². The molecule has 3 aromatic carbocycles. The number of aromatic nitrogens is 2. The highest BCUT2D eigenvalue weighted by Gasteiger charge is 2.27. The molecule has 1 aliphatic rings. The first kappa shape index (κ1) is 38.8. The maximum absolute atomic E-state index is 13.8. The molecule has 3 heterocycles. The van der Waals surface area contributed by atoms with Crippen LogP contribution >= 0.6 is 0 Å². The first-order chi connectivity index (χ1) is 25.4. The van der Waals surface area contributed by atoms with E-state index in [1.807, 2.05) is 52.0 Å². The first-order valence-electron chi connectivity index (χ1n) is 18.0. The fourth-order valence-electron chi connectivity index (χ4n) is 6.79. The highest BCUT2D eigenvalue weighted by Crippen LogP contribution is 2.39. The van der Waals surface area contributed by atoms with Crippen LogP contribution in [0.2, 0.25) is 0 Å². The number of benzene rings is 3. The Bertz CT molecular complexity index is 2450. The summed E-state index contributed by atoms with van der Waals surface area (Å²) in [6, 6.07) is 20.9. The normalized spacial score (nSPS) is 14.4. The molecule has 54 heavy (non-hydrogen) atoms. The van der Waals surface area contributed by atoms with E-state index in [4.69, 9.17) is 9.47 Å². The van der Waals surface area contributed by atoms with Gasteiger partial charge in [-0.1, -0.05) is 35.9 Å². The highest BCUT2D eigenvalue weighted by molar-refractivity contribution is 7.90. The van der Waals surface area contributed by atoms with Crippen LogP contribution < -0.4 is 10.3 Å². The first-order valence-corrected chi connectivity index (χ1v) is 21.5. The van der Waals surface area contributed by atoms with E-state index in [2.05, 4.69) is 0 Å². The number of piperidine rings is 1. The number of fused-ring (bicyclic) bond motifs is 1. The minimum absolute atomic E-state index is 0.0325. The summed E-state index contributed by atoms with van der Waals surface area (Å²) in [4.78, 5) is 27.9. The van der Waals surface area contributed by atoms with Crippen molar-refractivity contribution in [2.24, 2.45) is 13.0 Å². The Morgan fingerprint density at radius 3 is 2.15 bits per heavy atom. The van der Waals surface area contributed by atoms with Gasteiger partial charge in [-0.05, 0) is 113 Å². The maximum Gasteiger partial charge on any atom is 0.410 e. The van der Waals surface area contributed by atoms with Crippen LogP contribution in [0.15, 0.2) is 94.9 Å². The quantitative estimate of drug-likeness (QED) is 0.143. The number of likely N-dealkylation sites (tertiary alicyclic amines) is 1. The van der Waals surface area contributed by atoms with Gasteiger partial charge in [0.1, 0.15) is 22.6 Å². The summed E-state index contributed by atoms with van der Waals surface area (Å²) in [7, 11) is -5.97. The van der Waals surface area contributed by atoms with Gasteiger partial charge in [-0.25, -0.2) is 25.6 Å². The number of hydrogen-bond acceptors (Lipinski definition) is 8. The third-order valence-electron chi connectivity index (χ3n) is 9.59. The van der Waals surface area contributed by atoms with Crippen LogP contribution in [0.4, 0.5) is 4.79 Å². The van der Waals surface area contributed by atoms with Gasteiger partial charge >= 0.3 is 6.09 Å². The van der Waals surface area contributed by atoms with Crippen LogP contribution in [0, 0.1) is 12.8 Å². The summed E-state index contributed by atoms with van der Waals surface area (Å²) in [6.07, 6.45) is 7.62. The fourth-order valence-corrected chi connectivity index (χ4v) is 8.92. The predicted octanol–water partition coefficient (Wildman–Crippen LogP) is 7.47. The van der Waals surface area contributed by atoms with E-state index in [9.17, 15) is 26.4 Å². The van der Waals surface area contributed by atoms with Gasteiger partial charge < -0.3 is 18.9 Å². The molecule has 1 aliphatic heterocycles. The number of sulfone groups is 1. The van der Waals surface area contributed by atoms with E-state index in [0.29, 0.717) is 52.6 Å². The summed E-state index contributed by atoms with van der Waals surface area (Å²) >= 11 is 0. The predicted molar refractivity (Wildman–Crippen MR) is 210 cm³/mol. The molecule has 6 rings (SSSR count). The largest absolute Gasteiger partial charge is 0.457 e. The SMILES string of the molecule is Cc1ccc(S(=O)(=O)n2ccc3c(-c4cc(CS(C)(=O)=O)ccc4Oc4ccc(CCC5CCN(C(=O)OC(C)(C)C)CC5)cc4)cn(C)c(=O)c32)cc1. The van der Waals surface area contributed by atoms with Gasteiger partial charge in [0.05, 0.1) is 10.6 Å². The molecular weight excluding hydrogens is 727 g/mol. The molecule has 0 aliphatic carbocycles. The minimum Gasteiger partial charge on any atom is -0.457 e. The van der Waals surface area contributed by atoms with Crippen LogP contribution in [0.1, 0.15) is 56.7 Å². The molecule has 13 heteroatoms. The molecule has 5 aromatic rings. The van der Waals surface area contributed by atoms with Crippen molar-refractivity contribution in [3.8, 4) is 22.6 Å². The molecule has 2 aromatic heterocycles. The van der Waals surface area contributed by atoms with Crippen molar-refractivity contribution in [3.05, 3.63) is 112 Å². The Balaban J connectivity index is 1.26. The zero-order valence-corrected chi connectivity index (χ0v) is 33.2. The second-order valence-corrected chi connectivity index (χ2v) is 19.2. The lowest BCUT2D eigenvalue weighted by Gasteiger charge is -2.33. The number of carbonyl (C=O) groups is 1. The molecule has 0 saturated carbocycles. The van der Waals surface area contributed by atoms with Crippen LogP contribution in [0.5, 0.6) is 11.5 Å². The molecule has 0 bridgehead atoms. The number of carbonyl (C=O) groups excluding carboxylic acids is 1. The van der Waals surface area contributed by atoms with Gasteiger partial charge in [-0.3, -0.25) is 4.79 Å². The molecule has 11 nitrogen and oxygen atoms in total. The van der Waals surface area contributed by atoms with Crippen LogP contribution in [0.25, 0.3) is 22.0 Å². The number of ether oxygens (including phenoxy) is 2. The highest BCUT2D eigenvalue weighted by atomic mass is 32.2. The molecule has 1 fully saturated rings. The van der Waals surface area contributed by atoms with Crippen LogP contribution in [0.3, 0.4) is 0 Å². The third-order valence-corrected chi connectivity index (χ3v) is 12.1. The van der Waals surface area contributed by atoms with Crippen molar-refractivity contribution in [2.45, 2.75) is 69.6 Å². The van der Waals surface area contributed by atoms with E-state index in [1.165, 1.54) is 22.9 Å². The van der Waals surface area contributed by atoms with Crippen molar-refractivity contribution in [1.29, 1.82) is 0 Å². The minimum atomic E-state index is -4.12. The lowest BCUT2D eigenvalue weighted by molar-refractivity contribution is 0.0181.